The summed E-state index contributed by atoms with van der Waals surface area (Å²) in [6, 6.07) is 15.7. The van der Waals surface area contributed by atoms with Gasteiger partial charge in [-0.05, 0) is 62.7 Å². The average molecular weight is 408 g/mol. The zero-order valence-electron chi connectivity index (χ0n) is 15.9. The van der Waals surface area contributed by atoms with Gasteiger partial charge in [0, 0.05) is 28.1 Å². The Hall–Kier alpha value is -2.69. The molecular weight excluding hydrogens is 387 g/mol. The molecule has 0 atom stereocenters. The van der Waals surface area contributed by atoms with E-state index in [0.717, 1.165) is 38.4 Å². The van der Waals surface area contributed by atoms with E-state index in [4.69, 9.17) is 4.98 Å². The number of pyridine rings is 2. The largest absolute Gasteiger partial charge is 0.353 e. The van der Waals surface area contributed by atoms with Crippen LogP contribution in [0.3, 0.4) is 0 Å². The lowest BCUT2D eigenvalue weighted by Gasteiger charge is -2.12. The van der Waals surface area contributed by atoms with Crippen LogP contribution in [0.5, 0.6) is 0 Å². The molecule has 4 aromatic rings. The van der Waals surface area contributed by atoms with Crippen molar-refractivity contribution in [1.29, 1.82) is 0 Å². The Labute approximate surface area is 168 Å². The monoisotopic (exact) mass is 408 g/mol. The van der Waals surface area contributed by atoms with Gasteiger partial charge in [-0.25, -0.2) is 4.98 Å². The number of aromatic nitrogens is 2. The molecule has 2 N–H and O–H groups in total. The number of hydrogen-bond acceptors (Lipinski definition) is 6. The Morgan fingerprint density at radius 3 is 2.46 bits per heavy atom. The molecule has 0 spiro atoms. The van der Waals surface area contributed by atoms with Crippen LogP contribution in [0, 0.1) is 6.92 Å². The molecule has 0 amide bonds. The van der Waals surface area contributed by atoms with Gasteiger partial charge in [0.05, 0.1) is 27.8 Å². The van der Waals surface area contributed by atoms with Gasteiger partial charge in [0.1, 0.15) is 13.0 Å². The second kappa shape index (κ2) is 7.38. The smallest absolute Gasteiger partial charge is 0.133 e. The van der Waals surface area contributed by atoms with E-state index >= 15 is 0 Å². The fraction of sp³-hybridized carbons (Fsp3) is 0.143. The van der Waals surface area contributed by atoms with E-state index in [1.807, 2.05) is 42.5 Å². The predicted molar refractivity (Wildman–Crippen MR) is 121 cm³/mol. The highest BCUT2D eigenvalue weighted by molar-refractivity contribution is 7.70. The van der Waals surface area contributed by atoms with Gasteiger partial charge < -0.3 is 15.2 Å². The first-order chi connectivity index (χ1) is 13.4. The van der Waals surface area contributed by atoms with Crippen LogP contribution in [-0.2, 0) is 4.57 Å². The summed E-state index contributed by atoms with van der Waals surface area (Å²) < 4.78 is 13.3. The summed E-state index contributed by atoms with van der Waals surface area (Å²) >= 11 is 1.71. The van der Waals surface area contributed by atoms with Gasteiger partial charge in [0.15, 0.2) is 0 Å². The Morgan fingerprint density at radius 2 is 1.79 bits per heavy atom. The molecule has 0 aliphatic rings. The summed E-state index contributed by atoms with van der Waals surface area (Å²) in [5.74, 6) is 0.751. The van der Waals surface area contributed by atoms with E-state index in [-0.39, 0.29) is 0 Å². The fourth-order valence-electron chi connectivity index (χ4n) is 2.94. The van der Waals surface area contributed by atoms with Crippen molar-refractivity contribution in [3.63, 3.8) is 0 Å². The summed E-state index contributed by atoms with van der Waals surface area (Å²) in [5.41, 5.74) is 3.77. The van der Waals surface area contributed by atoms with Crippen LogP contribution in [0.25, 0.3) is 10.2 Å². The zero-order chi connectivity index (χ0) is 19.7. The average Bonchev–Trinajstić information content (AvgIpc) is 3.03. The lowest BCUT2D eigenvalue weighted by molar-refractivity contribution is 0.588. The summed E-state index contributed by atoms with van der Waals surface area (Å²) in [6.45, 7) is 5.64. The first kappa shape index (κ1) is 18.7. The van der Waals surface area contributed by atoms with Crippen LogP contribution >= 0.6 is 18.5 Å². The van der Waals surface area contributed by atoms with Gasteiger partial charge in [0.2, 0.25) is 0 Å². The molecule has 3 heterocycles. The Kier molecular flexibility index (Phi) is 4.92. The highest BCUT2D eigenvalue weighted by Gasteiger charge is 2.12. The number of hydrogen-bond donors (Lipinski definition) is 2. The molecule has 0 radical (unpaired) electrons. The maximum Gasteiger partial charge on any atom is 0.133 e. The van der Waals surface area contributed by atoms with E-state index in [0.29, 0.717) is 0 Å². The number of benzene rings is 1. The predicted octanol–water partition coefficient (Wildman–Crippen LogP) is 5.73. The minimum Gasteiger partial charge on any atom is -0.353 e. The number of anilines is 4. The molecule has 0 unspecified atom stereocenters. The SMILES string of the molecule is Cc1cc2nc(Nc3ccc(P(C)(C)=O)cc3)cc(Nc3cccnc3)c2s1. The van der Waals surface area contributed by atoms with Crippen LogP contribution in [0.1, 0.15) is 4.88 Å². The second-order valence-electron chi connectivity index (χ2n) is 7.02. The van der Waals surface area contributed by atoms with E-state index in [1.165, 1.54) is 4.88 Å². The molecule has 0 bridgehead atoms. The van der Waals surface area contributed by atoms with Gasteiger partial charge in [-0.15, -0.1) is 11.3 Å². The fourth-order valence-corrected chi connectivity index (χ4v) is 4.73. The number of fused-ring (bicyclic) bond motifs is 1. The third kappa shape index (κ3) is 4.08. The lowest BCUT2D eigenvalue weighted by atomic mass is 10.3. The van der Waals surface area contributed by atoms with Crippen molar-refractivity contribution >= 4 is 56.9 Å². The molecule has 0 aliphatic carbocycles. The normalized spacial score (nSPS) is 11.5. The molecule has 142 valence electrons. The van der Waals surface area contributed by atoms with Crippen molar-refractivity contribution in [2.75, 3.05) is 24.0 Å². The third-order valence-corrected chi connectivity index (χ3v) is 6.92. The third-order valence-electron chi connectivity index (χ3n) is 4.30. The Balaban J connectivity index is 1.68. The maximum absolute atomic E-state index is 12.2. The minimum atomic E-state index is -2.25. The van der Waals surface area contributed by atoms with Gasteiger partial charge >= 0.3 is 0 Å². The van der Waals surface area contributed by atoms with Crippen molar-refractivity contribution in [2.45, 2.75) is 6.92 Å². The highest BCUT2D eigenvalue weighted by atomic mass is 32.1. The van der Waals surface area contributed by atoms with Gasteiger partial charge in [-0.2, -0.15) is 0 Å². The van der Waals surface area contributed by atoms with Crippen molar-refractivity contribution in [3.8, 4) is 0 Å². The number of nitrogens with one attached hydrogen (secondary N) is 2. The first-order valence-electron chi connectivity index (χ1n) is 8.89. The second-order valence-corrected chi connectivity index (χ2v) is 11.5. The van der Waals surface area contributed by atoms with Crippen molar-refractivity contribution in [3.05, 3.63) is 65.8 Å². The molecule has 5 nitrogen and oxygen atoms in total. The number of thiophene rings is 1. The molecule has 0 saturated carbocycles. The summed E-state index contributed by atoms with van der Waals surface area (Å²) in [5, 5.41) is 7.67. The lowest BCUT2D eigenvalue weighted by Crippen LogP contribution is -2.03. The van der Waals surface area contributed by atoms with Crippen LogP contribution in [-0.4, -0.2) is 23.3 Å². The zero-order valence-corrected chi connectivity index (χ0v) is 17.6. The standard InChI is InChI=1S/C21H21N4OPS/c1-14-11-18-21(28-14)19(23-16-5-4-10-22-13-16)12-20(25-18)24-15-6-8-17(9-7-15)27(2,3)26/h4-13H,1-3H3,(H2,23,24,25). The van der Waals surface area contributed by atoms with E-state index < -0.39 is 7.14 Å². The van der Waals surface area contributed by atoms with Crippen LogP contribution < -0.4 is 15.9 Å². The molecule has 3 aromatic heterocycles. The summed E-state index contributed by atoms with van der Waals surface area (Å²) in [7, 11) is -2.25. The molecule has 0 fully saturated rings. The number of rotatable bonds is 5. The quantitative estimate of drug-likeness (QED) is 0.413. The van der Waals surface area contributed by atoms with Gasteiger partial charge in [0.25, 0.3) is 0 Å². The van der Waals surface area contributed by atoms with Gasteiger partial charge in [-0.1, -0.05) is 0 Å². The molecular formula is C21H21N4OPS. The number of aryl methyl sites for hydroxylation is 1. The van der Waals surface area contributed by atoms with Crippen molar-refractivity contribution in [2.24, 2.45) is 0 Å². The molecule has 0 aliphatic heterocycles. The Morgan fingerprint density at radius 1 is 1.00 bits per heavy atom. The van der Waals surface area contributed by atoms with E-state index in [9.17, 15) is 4.57 Å². The molecule has 0 saturated heterocycles. The van der Waals surface area contributed by atoms with Crippen molar-refractivity contribution in [1.82, 2.24) is 9.97 Å². The summed E-state index contributed by atoms with van der Waals surface area (Å²) in [4.78, 5) is 10.1. The summed E-state index contributed by atoms with van der Waals surface area (Å²) in [6.07, 6.45) is 3.55. The minimum absolute atomic E-state index is 0.751. The number of nitrogens with zero attached hydrogens (tertiary/aromatic N) is 2. The van der Waals surface area contributed by atoms with E-state index in [1.54, 1.807) is 37.1 Å². The van der Waals surface area contributed by atoms with Crippen LogP contribution in [0.4, 0.5) is 22.9 Å². The topological polar surface area (TPSA) is 66.9 Å². The highest BCUT2D eigenvalue weighted by Crippen LogP contribution is 2.36. The van der Waals surface area contributed by atoms with Crippen molar-refractivity contribution < 1.29 is 4.57 Å². The first-order valence-corrected chi connectivity index (χ1v) is 12.3. The molecule has 7 heteroatoms. The molecule has 28 heavy (non-hydrogen) atoms. The van der Waals surface area contributed by atoms with E-state index in [2.05, 4.69) is 28.6 Å². The van der Waals surface area contributed by atoms with Gasteiger partial charge in [-0.3, -0.25) is 4.98 Å². The van der Waals surface area contributed by atoms with Crippen LogP contribution in [0.2, 0.25) is 0 Å². The molecule has 1 aromatic carbocycles. The molecule has 4 rings (SSSR count). The Bertz CT molecular complexity index is 1170. The maximum atomic E-state index is 12.2. The van der Waals surface area contributed by atoms with Crippen LogP contribution in [0.15, 0.2) is 60.9 Å².